The van der Waals surface area contributed by atoms with Gasteiger partial charge in [-0.1, -0.05) is 25.1 Å². The Bertz CT molecular complexity index is 1510. The Kier molecular flexibility index (Phi) is 6.23. The largest absolute Gasteiger partial charge is 0.426 e. The van der Waals surface area contributed by atoms with E-state index in [2.05, 4.69) is 0 Å². The van der Waals surface area contributed by atoms with Crippen LogP contribution in [0.4, 0.5) is 17.1 Å². The molecule has 0 unspecified atom stereocenters. The number of hydrogen-bond acceptors (Lipinski definition) is 7. The third-order valence-electron chi connectivity index (χ3n) is 6.83. The molecule has 192 valence electrons. The fraction of sp³-hybridized carbons (Fsp3) is 0.214. The second kappa shape index (κ2) is 9.55. The third-order valence-corrected chi connectivity index (χ3v) is 6.83. The van der Waals surface area contributed by atoms with Gasteiger partial charge in [0.25, 0.3) is 17.5 Å². The summed E-state index contributed by atoms with van der Waals surface area (Å²) in [5, 5.41) is 11.4. The van der Waals surface area contributed by atoms with Crippen molar-refractivity contribution < 1.29 is 28.8 Å². The number of aryl methyl sites for hydroxylation is 2. The number of hydrogen-bond donors (Lipinski definition) is 0. The average molecular weight is 514 g/mol. The number of nitrogens with zero attached hydrogens (tertiary/aromatic N) is 3. The van der Waals surface area contributed by atoms with Crippen molar-refractivity contribution in [3.8, 4) is 5.75 Å². The van der Waals surface area contributed by atoms with Gasteiger partial charge in [0.05, 0.1) is 22.1 Å². The van der Waals surface area contributed by atoms with Gasteiger partial charge in [0.2, 0.25) is 5.91 Å². The highest BCUT2D eigenvalue weighted by atomic mass is 16.6. The molecule has 0 aromatic heterocycles. The van der Waals surface area contributed by atoms with E-state index in [4.69, 9.17) is 4.74 Å². The summed E-state index contributed by atoms with van der Waals surface area (Å²) in [4.78, 5) is 64.5. The molecule has 1 fully saturated rings. The summed E-state index contributed by atoms with van der Waals surface area (Å²) in [5.74, 6) is -2.64. The van der Waals surface area contributed by atoms with E-state index in [0.717, 1.165) is 22.6 Å². The smallest absolute Gasteiger partial charge is 0.316 e. The molecule has 3 aromatic rings. The molecule has 0 spiro atoms. The molecule has 1 atom stereocenters. The van der Waals surface area contributed by atoms with Crippen LogP contribution in [0.2, 0.25) is 0 Å². The van der Waals surface area contributed by atoms with E-state index in [1.54, 1.807) is 11.8 Å². The normalized spacial score (nSPS) is 16.7. The van der Waals surface area contributed by atoms with Crippen molar-refractivity contribution in [1.82, 2.24) is 0 Å². The van der Waals surface area contributed by atoms with Crippen molar-refractivity contribution in [3.63, 3.8) is 0 Å². The highest BCUT2D eigenvalue weighted by molar-refractivity contribution is 6.35. The number of fused-ring (bicyclic) bond motifs is 1. The summed E-state index contributed by atoms with van der Waals surface area (Å²) in [6.45, 7) is 3.88. The van der Waals surface area contributed by atoms with E-state index in [-0.39, 0.29) is 41.4 Å². The molecule has 3 amide bonds. The SMILES string of the molecule is CCc1ccc(N2C[C@H](C(=O)Oc3ccc(N4C(=O)c5cccc([N+](=O)[O-])c5C4=O)c(C)c3)CC2=O)cc1. The lowest BCUT2D eigenvalue weighted by Gasteiger charge is -2.18. The summed E-state index contributed by atoms with van der Waals surface area (Å²) < 4.78 is 5.54. The minimum absolute atomic E-state index is 0.0270. The number of amides is 3. The van der Waals surface area contributed by atoms with Crippen molar-refractivity contribution in [2.75, 3.05) is 16.3 Å². The van der Waals surface area contributed by atoms with Gasteiger partial charge in [-0.2, -0.15) is 0 Å². The maximum absolute atomic E-state index is 13.0. The molecule has 0 aliphatic carbocycles. The molecule has 1 saturated heterocycles. The molecule has 2 aliphatic rings. The van der Waals surface area contributed by atoms with Crippen LogP contribution < -0.4 is 14.5 Å². The second-order valence-electron chi connectivity index (χ2n) is 9.20. The predicted octanol–water partition coefficient (Wildman–Crippen LogP) is 4.22. The molecule has 2 heterocycles. The van der Waals surface area contributed by atoms with E-state index in [1.807, 2.05) is 31.2 Å². The quantitative estimate of drug-likeness (QED) is 0.159. The summed E-state index contributed by atoms with van der Waals surface area (Å²) >= 11 is 0. The Morgan fingerprint density at radius 1 is 1.05 bits per heavy atom. The Morgan fingerprint density at radius 2 is 1.79 bits per heavy atom. The molecule has 3 aromatic carbocycles. The zero-order valence-electron chi connectivity index (χ0n) is 20.7. The minimum Gasteiger partial charge on any atom is -0.426 e. The van der Waals surface area contributed by atoms with Gasteiger partial charge in [0.1, 0.15) is 11.3 Å². The van der Waals surface area contributed by atoms with Crippen molar-refractivity contribution in [3.05, 3.63) is 93.0 Å². The van der Waals surface area contributed by atoms with Gasteiger partial charge < -0.3 is 9.64 Å². The van der Waals surface area contributed by atoms with Gasteiger partial charge in [0.15, 0.2) is 0 Å². The lowest BCUT2D eigenvalue weighted by atomic mass is 10.1. The average Bonchev–Trinajstić information content (AvgIpc) is 3.41. The molecule has 5 rings (SSSR count). The van der Waals surface area contributed by atoms with Gasteiger partial charge in [-0.05, 0) is 60.9 Å². The van der Waals surface area contributed by atoms with E-state index >= 15 is 0 Å². The first-order valence-electron chi connectivity index (χ1n) is 12.1. The Hall–Kier alpha value is -4.86. The van der Waals surface area contributed by atoms with Gasteiger partial charge in [-0.15, -0.1) is 0 Å². The van der Waals surface area contributed by atoms with Crippen LogP contribution in [-0.4, -0.2) is 35.2 Å². The number of anilines is 2. The van der Waals surface area contributed by atoms with Crippen LogP contribution in [0.5, 0.6) is 5.75 Å². The van der Waals surface area contributed by atoms with Gasteiger partial charge in [0, 0.05) is 24.7 Å². The molecule has 0 bridgehead atoms. The molecular formula is C28H23N3O7. The number of ether oxygens (including phenoxy) is 1. The number of rotatable bonds is 6. The van der Waals surface area contributed by atoms with Crippen LogP contribution >= 0.6 is 0 Å². The van der Waals surface area contributed by atoms with Crippen LogP contribution in [0.3, 0.4) is 0 Å². The second-order valence-corrected chi connectivity index (χ2v) is 9.20. The standard InChI is InChI=1S/C28H23N3O7/c1-3-17-7-9-19(10-8-17)29-15-18(14-24(29)32)28(35)38-20-11-12-22(16(2)13-20)30-26(33)21-5-4-6-23(31(36)37)25(21)27(30)34/h4-13,18H,3,14-15H2,1-2H3/t18-/m1/s1. The number of nitro groups is 1. The fourth-order valence-corrected chi connectivity index (χ4v) is 4.81. The molecule has 2 aliphatic heterocycles. The van der Waals surface area contributed by atoms with Crippen molar-refractivity contribution in [2.45, 2.75) is 26.7 Å². The van der Waals surface area contributed by atoms with Crippen LogP contribution in [0.1, 0.15) is 45.2 Å². The van der Waals surface area contributed by atoms with E-state index in [0.29, 0.717) is 5.56 Å². The summed E-state index contributed by atoms with van der Waals surface area (Å²) in [6, 6.07) is 15.9. The molecule has 0 saturated carbocycles. The Morgan fingerprint density at radius 3 is 2.45 bits per heavy atom. The number of carbonyl (C=O) groups is 4. The lowest BCUT2D eigenvalue weighted by Crippen LogP contribution is -2.30. The van der Waals surface area contributed by atoms with Crippen molar-refractivity contribution >= 4 is 40.8 Å². The van der Waals surface area contributed by atoms with Crippen LogP contribution in [0, 0.1) is 23.0 Å². The van der Waals surface area contributed by atoms with Gasteiger partial charge in [-0.3, -0.25) is 29.3 Å². The Labute approximate surface area is 217 Å². The summed E-state index contributed by atoms with van der Waals surface area (Å²) in [6.07, 6.45) is 0.910. The lowest BCUT2D eigenvalue weighted by molar-refractivity contribution is -0.385. The number of benzene rings is 3. The number of imide groups is 1. The van der Waals surface area contributed by atoms with Gasteiger partial charge >= 0.3 is 5.97 Å². The molecule has 10 nitrogen and oxygen atoms in total. The monoisotopic (exact) mass is 513 g/mol. The first kappa shape index (κ1) is 24.8. The third kappa shape index (κ3) is 4.19. The van der Waals surface area contributed by atoms with Crippen LogP contribution in [0.15, 0.2) is 60.7 Å². The maximum atomic E-state index is 13.0. The van der Waals surface area contributed by atoms with E-state index in [9.17, 15) is 29.3 Å². The van der Waals surface area contributed by atoms with Crippen molar-refractivity contribution in [1.29, 1.82) is 0 Å². The topological polar surface area (TPSA) is 127 Å². The molecule has 0 radical (unpaired) electrons. The fourth-order valence-electron chi connectivity index (χ4n) is 4.81. The maximum Gasteiger partial charge on any atom is 0.316 e. The molecular weight excluding hydrogens is 490 g/mol. The van der Waals surface area contributed by atoms with Crippen LogP contribution in [0.25, 0.3) is 0 Å². The van der Waals surface area contributed by atoms with E-state index in [1.165, 1.54) is 36.4 Å². The number of esters is 1. The number of nitro benzene ring substituents is 1. The molecule has 0 N–H and O–H groups in total. The summed E-state index contributed by atoms with van der Waals surface area (Å²) in [5.41, 5.74) is 1.82. The first-order chi connectivity index (χ1) is 18.2. The number of carbonyl (C=O) groups excluding carboxylic acids is 4. The zero-order chi connectivity index (χ0) is 27.1. The zero-order valence-corrected chi connectivity index (χ0v) is 20.7. The predicted molar refractivity (Wildman–Crippen MR) is 137 cm³/mol. The van der Waals surface area contributed by atoms with E-state index < -0.39 is 34.3 Å². The summed E-state index contributed by atoms with van der Waals surface area (Å²) in [7, 11) is 0. The van der Waals surface area contributed by atoms with Crippen molar-refractivity contribution in [2.24, 2.45) is 5.92 Å². The van der Waals surface area contributed by atoms with Crippen LogP contribution in [-0.2, 0) is 16.0 Å². The molecule has 10 heteroatoms. The highest BCUT2D eigenvalue weighted by Gasteiger charge is 2.42. The highest BCUT2D eigenvalue weighted by Crippen LogP contribution is 2.36. The first-order valence-corrected chi connectivity index (χ1v) is 12.1. The molecule has 38 heavy (non-hydrogen) atoms. The minimum atomic E-state index is -0.790. The van der Waals surface area contributed by atoms with Gasteiger partial charge in [-0.25, -0.2) is 4.90 Å². The Balaban J connectivity index is 1.31.